The Bertz CT molecular complexity index is 319. The minimum absolute atomic E-state index is 0.0156. The maximum atomic E-state index is 11.7. The Morgan fingerprint density at radius 1 is 1.44 bits per heavy atom. The van der Waals surface area contributed by atoms with Gasteiger partial charge in [-0.2, -0.15) is 0 Å². The van der Waals surface area contributed by atoms with Crippen LogP contribution in [-0.2, 0) is 14.3 Å². The van der Waals surface area contributed by atoms with E-state index in [1.165, 1.54) is 0 Å². The first-order chi connectivity index (χ1) is 7.74. The molecule has 0 aliphatic heterocycles. The van der Waals surface area contributed by atoms with E-state index in [0.29, 0.717) is 13.0 Å². The molecule has 0 heterocycles. The van der Waals surface area contributed by atoms with Gasteiger partial charge in [-0.05, 0) is 12.8 Å². The summed E-state index contributed by atoms with van der Waals surface area (Å²) < 4.78 is 5.20. The third-order valence-electron chi connectivity index (χ3n) is 3.48. The van der Waals surface area contributed by atoms with Crippen molar-refractivity contribution in [3.05, 3.63) is 12.2 Å². The number of allylic oxidation sites excluding steroid dienone is 2. The van der Waals surface area contributed by atoms with E-state index < -0.39 is 0 Å². The highest BCUT2D eigenvalue weighted by Crippen LogP contribution is 2.41. The van der Waals surface area contributed by atoms with Crippen LogP contribution in [0.2, 0.25) is 0 Å². The van der Waals surface area contributed by atoms with E-state index >= 15 is 0 Å². The van der Waals surface area contributed by atoms with Gasteiger partial charge >= 0.3 is 5.97 Å². The smallest absolute Gasteiger partial charge is 0.310 e. The van der Waals surface area contributed by atoms with Crippen LogP contribution in [0.4, 0.5) is 0 Å². The molecule has 3 unspecified atom stereocenters. The summed E-state index contributed by atoms with van der Waals surface area (Å²) in [7, 11) is 0. The van der Waals surface area contributed by atoms with Crippen LogP contribution in [0, 0.1) is 17.8 Å². The number of Topliss-reactive ketones (excluding diaryl/α,β-unsaturated/α-hetero) is 1. The van der Waals surface area contributed by atoms with Crippen molar-refractivity contribution in [2.24, 2.45) is 17.8 Å². The minimum Gasteiger partial charge on any atom is -0.465 e. The number of ketones is 1. The third-order valence-corrected chi connectivity index (χ3v) is 3.48. The molecule has 3 heteroatoms. The highest BCUT2D eigenvalue weighted by Gasteiger charge is 2.47. The lowest BCUT2D eigenvalue weighted by Gasteiger charge is -2.15. The fourth-order valence-electron chi connectivity index (χ4n) is 2.51. The van der Waals surface area contributed by atoms with Gasteiger partial charge in [0.05, 0.1) is 12.5 Å². The van der Waals surface area contributed by atoms with Crippen LogP contribution < -0.4 is 0 Å². The van der Waals surface area contributed by atoms with Crippen LogP contribution in [0.25, 0.3) is 0 Å². The summed E-state index contributed by atoms with van der Waals surface area (Å²) >= 11 is 0. The summed E-state index contributed by atoms with van der Waals surface area (Å²) in [6.45, 7) is 2.61. The van der Waals surface area contributed by atoms with Gasteiger partial charge in [0.2, 0.25) is 0 Å². The normalized spacial score (nSPS) is 31.1. The molecule has 0 aromatic heterocycles. The van der Waals surface area contributed by atoms with Gasteiger partial charge in [-0.3, -0.25) is 9.59 Å². The molecular formula is C13H18O3. The second kappa shape index (κ2) is 4.81. The molecule has 1 saturated carbocycles. The van der Waals surface area contributed by atoms with Crippen molar-refractivity contribution in [3.63, 3.8) is 0 Å². The molecule has 3 atom stereocenters. The number of hydrogen-bond acceptors (Lipinski definition) is 3. The molecule has 2 aliphatic rings. The fraction of sp³-hybridized carbons (Fsp3) is 0.692. The van der Waals surface area contributed by atoms with E-state index in [4.69, 9.17) is 4.74 Å². The lowest BCUT2D eigenvalue weighted by molar-refractivity contribution is -0.150. The summed E-state index contributed by atoms with van der Waals surface area (Å²) in [5, 5.41) is 0. The molecule has 2 rings (SSSR count). The van der Waals surface area contributed by atoms with Gasteiger partial charge in [0.25, 0.3) is 0 Å². The number of hydrogen-bond donors (Lipinski definition) is 0. The lowest BCUT2D eigenvalue weighted by Crippen LogP contribution is -2.23. The molecule has 0 spiro atoms. The molecule has 16 heavy (non-hydrogen) atoms. The van der Waals surface area contributed by atoms with Crippen molar-refractivity contribution in [2.45, 2.75) is 32.6 Å². The van der Waals surface area contributed by atoms with Gasteiger partial charge < -0.3 is 4.74 Å². The maximum Gasteiger partial charge on any atom is 0.310 e. The molecule has 1 fully saturated rings. The van der Waals surface area contributed by atoms with Crippen LogP contribution in [0.15, 0.2) is 12.2 Å². The summed E-state index contributed by atoms with van der Waals surface area (Å²) in [5.41, 5.74) is 0. The molecule has 0 aromatic carbocycles. The zero-order valence-corrected chi connectivity index (χ0v) is 9.65. The lowest BCUT2D eigenvalue weighted by atomic mass is 9.94. The molecule has 3 nitrogen and oxygen atoms in total. The third kappa shape index (κ3) is 2.04. The van der Waals surface area contributed by atoms with Crippen molar-refractivity contribution in [1.82, 2.24) is 0 Å². The Kier molecular flexibility index (Phi) is 3.42. The Labute approximate surface area is 95.9 Å². The standard InChI is InChI=1S/C13H18O3/c1-2-3-4-7-16-13(15)11-8-9-5-6-10(11)12(9)14/h5-6,9-11H,2-4,7-8H2,1H3. The van der Waals surface area contributed by atoms with Crippen LogP contribution in [0.1, 0.15) is 32.6 Å². The van der Waals surface area contributed by atoms with Gasteiger partial charge in [-0.1, -0.05) is 31.9 Å². The molecule has 0 saturated heterocycles. The number of fused-ring (bicyclic) bond motifs is 2. The summed E-state index contributed by atoms with van der Waals surface area (Å²) in [6, 6.07) is 0. The predicted octanol–water partition coefficient (Wildman–Crippen LogP) is 2.11. The van der Waals surface area contributed by atoms with Crippen LogP contribution >= 0.6 is 0 Å². The van der Waals surface area contributed by atoms with Gasteiger partial charge in [0, 0.05) is 11.8 Å². The average Bonchev–Trinajstić information content (AvgIpc) is 2.80. The second-order valence-electron chi connectivity index (χ2n) is 4.64. The Balaban J connectivity index is 1.79. The summed E-state index contributed by atoms with van der Waals surface area (Å²) in [5.74, 6) is -0.386. The molecule has 0 radical (unpaired) electrons. The largest absolute Gasteiger partial charge is 0.465 e. The zero-order valence-electron chi connectivity index (χ0n) is 9.65. The van der Waals surface area contributed by atoms with E-state index in [-0.39, 0.29) is 29.5 Å². The number of unbranched alkanes of at least 4 members (excludes halogenated alkanes) is 2. The van der Waals surface area contributed by atoms with Crippen molar-refractivity contribution >= 4 is 11.8 Å². The van der Waals surface area contributed by atoms with E-state index in [0.717, 1.165) is 19.3 Å². The minimum atomic E-state index is -0.205. The number of carbonyl (C=O) groups is 2. The molecule has 0 aromatic rings. The number of rotatable bonds is 5. The monoisotopic (exact) mass is 222 g/mol. The Hall–Kier alpha value is -1.12. The van der Waals surface area contributed by atoms with Crippen molar-refractivity contribution in [1.29, 1.82) is 0 Å². The van der Waals surface area contributed by atoms with Crippen LogP contribution in [0.3, 0.4) is 0 Å². The average molecular weight is 222 g/mol. The number of ether oxygens (including phenoxy) is 1. The first-order valence-electron chi connectivity index (χ1n) is 6.12. The molecule has 0 amide bonds. The zero-order chi connectivity index (χ0) is 11.5. The maximum absolute atomic E-state index is 11.7. The van der Waals surface area contributed by atoms with Gasteiger partial charge in [-0.15, -0.1) is 0 Å². The quantitative estimate of drug-likeness (QED) is 0.406. The molecule has 2 aliphatic carbocycles. The van der Waals surface area contributed by atoms with E-state index in [9.17, 15) is 9.59 Å². The van der Waals surface area contributed by atoms with Crippen LogP contribution in [0.5, 0.6) is 0 Å². The van der Waals surface area contributed by atoms with Gasteiger partial charge in [-0.25, -0.2) is 0 Å². The number of esters is 1. The Morgan fingerprint density at radius 2 is 2.25 bits per heavy atom. The van der Waals surface area contributed by atoms with Crippen molar-refractivity contribution in [3.8, 4) is 0 Å². The molecule has 0 N–H and O–H groups in total. The molecule has 88 valence electrons. The first kappa shape index (κ1) is 11.4. The van der Waals surface area contributed by atoms with Gasteiger partial charge in [0.1, 0.15) is 5.78 Å². The number of carbonyl (C=O) groups excluding carboxylic acids is 2. The van der Waals surface area contributed by atoms with E-state index in [1.807, 2.05) is 12.2 Å². The summed E-state index contributed by atoms with van der Waals surface area (Å²) in [6.07, 6.45) is 7.58. The van der Waals surface area contributed by atoms with Gasteiger partial charge in [0.15, 0.2) is 0 Å². The molecule has 2 bridgehead atoms. The van der Waals surface area contributed by atoms with Crippen molar-refractivity contribution in [2.75, 3.05) is 6.61 Å². The van der Waals surface area contributed by atoms with E-state index in [1.54, 1.807) is 0 Å². The van der Waals surface area contributed by atoms with E-state index in [2.05, 4.69) is 6.92 Å². The highest BCUT2D eigenvalue weighted by molar-refractivity contribution is 5.96. The Morgan fingerprint density at radius 3 is 2.81 bits per heavy atom. The van der Waals surface area contributed by atoms with Crippen LogP contribution in [-0.4, -0.2) is 18.4 Å². The summed E-state index contributed by atoms with van der Waals surface area (Å²) in [4.78, 5) is 23.3. The first-order valence-corrected chi connectivity index (χ1v) is 6.12. The SMILES string of the molecule is CCCCCOC(=O)C1CC2C=CC1C2=O. The topological polar surface area (TPSA) is 43.4 Å². The fourth-order valence-corrected chi connectivity index (χ4v) is 2.51. The highest BCUT2D eigenvalue weighted by atomic mass is 16.5. The second-order valence-corrected chi connectivity index (χ2v) is 4.64. The predicted molar refractivity (Wildman–Crippen MR) is 59.7 cm³/mol. The van der Waals surface area contributed by atoms with Crippen molar-refractivity contribution < 1.29 is 14.3 Å². The molecular weight excluding hydrogens is 204 g/mol.